The number of carbonyl (C=O) groups is 1. The molecule has 0 bridgehead atoms. The Morgan fingerprint density at radius 3 is 2.68 bits per heavy atom. The maximum Gasteiger partial charge on any atom is 0.150 e. The van der Waals surface area contributed by atoms with Crippen LogP contribution in [0, 0.1) is 0 Å². The van der Waals surface area contributed by atoms with Crippen LogP contribution in [0.4, 0.5) is 0 Å². The SMILES string of the molecule is O=Cc1ccc2ncc(-c3ccccc3Br)cc2c1. The third-order valence-electron chi connectivity index (χ3n) is 3.03. The average molecular weight is 312 g/mol. The summed E-state index contributed by atoms with van der Waals surface area (Å²) >= 11 is 3.54. The van der Waals surface area contributed by atoms with Gasteiger partial charge in [0.2, 0.25) is 0 Å². The van der Waals surface area contributed by atoms with E-state index >= 15 is 0 Å². The van der Waals surface area contributed by atoms with Crippen molar-refractivity contribution >= 4 is 33.1 Å². The molecule has 0 unspecified atom stereocenters. The average Bonchev–Trinajstić information content (AvgIpc) is 2.46. The number of halogens is 1. The van der Waals surface area contributed by atoms with E-state index in [0.29, 0.717) is 5.56 Å². The maximum absolute atomic E-state index is 10.8. The van der Waals surface area contributed by atoms with Gasteiger partial charge in [-0.1, -0.05) is 34.1 Å². The largest absolute Gasteiger partial charge is 0.298 e. The number of hydrogen-bond donors (Lipinski definition) is 0. The first kappa shape index (κ1) is 12.1. The van der Waals surface area contributed by atoms with Crippen LogP contribution in [0.3, 0.4) is 0 Å². The molecule has 2 aromatic carbocycles. The lowest BCUT2D eigenvalue weighted by Gasteiger charge is -2.06. The van der Waals surface area contributed by atoms with E-state index in [4.69, 9.17) is 0 Å². The third kappa shape index (κ3) is 2.29. The maximum atomic E-state index is 10.8. The van der Waals surface area contributed by atoms with Gasteiger partial charge in [-0.15, -0.1) is 0 Å². The molecule has 19 heavy (non-hydrogen) atoms. The highest BCUT2D eigenvalue weighted by molar-refractivity contribution is 9.10. The fourth-order valence-corrected chi connectivity index (χ4v) is 2.58. The van der Waals surface area contributed by atoms with E-state index < -0.39 is 0 Å². The number of aromatic nitrogens is 1. The minimum atomic E-state index is 0.665. The zero-order valence-electron chi connectivity index (χ0n) is 10.0. The van der Waals surface area contributed by atoms with Crippen molar-refractivity contribution in [2.45, 2.75) is 0 Å². The Balaban J connectivity index is 2.21. The molecular weight excluding hydrogens is 302 g/mol. The number of benzene rings is 2. The molecule has 92 valence electrons. The molecule has 0 radical (unpaired) electrons. The number of pyridine rings is 1. The summed E-state index contributed by atoms with van der Waals surface area (Å²) in [6.07, 6.45) is 2.70. The van der Waals surface area contributed by atoms with Gasteiger partial charge in [-0.05, 0) is 35.9 Å². The number of hydrogen-bond acceptors (Lipinski definition) is 2. The summed E-state index contributed by atoms with van der Waals surface area (Å²) in [5.74, 6) is 0. The van der Waals surface area contributed by atoms with Crippen molar-refractivity contribution in [3.05, 3.63) is 64.8 Å². The molecule has 3 rings (SSSR count). The normalized spacial score (nSPS) is 10.6. The molecule has 3 heteroatoms. The smallest absolute Gasteiger partial charge is 0.150 e. The molecule has 0 aliphatic heterocycles. The van der Waals surface area contributed by atoms with Crippen LogP contribution in [0.15, 0.2) is 59.2 Å². The summed E-state index contributed by atoms with van der Waals surface area (Å²) in [5, 5.41) is 0.970. The van der Waals surface area contributed by atoms with Gasteiger partial charge >= 0.3 is 0 Å². The van der Waals surface area contributed by atoms with Gasteiger partial charge < -0.3 is 0 Å². The van der Waals surface area contributed by atoms with Gasteiger partial charge in [-0.3, -0.25) is 9.78 Å². The molecular formula is C16H10BrNO. The van der Waals surface area contributed by atoms with E-state index in [-0.39, 0.29) is 0 Å². The van der Waals surface area contributed by atoms with Gasteiger partial charge in [-0.25, -0.2) is 0 Å². The molecule has 0 saturated heterocycles. The Labute approximate surface area is 119 Å². The summed E-state index contributed by atoms with van der Waals surface area (Å²) in [5.41, 5.74) is 3.68. The van der Waals surface area contributed by atoms with Gasteiger partial charge in [0.1, 0.15) is 6.29 Å². The molecule has 0 N–H and O–H groups in total. The predicted molar refractivity (Wildman–Crippen MR) is 80.3 cm³/mol. The Morgan fingerprint density at radius 2 is 1.89 bits per heavy atom. The molecule has 1 heterocycles. The lowest BCUT2D eigenvalue weighted by molar-refractivity contribution is 0.112. The second-order valence-electron chi connectivity index (χ2n) is 4.27. The van der Waals surface area contributed by atoms with Crippen LogP contribution in [0.2, 0.25) is 0 Å². The van der Waals surface area contributed by atoms with Crippen molar-refractivity contribution in [3.8, 4) is 11.1 Å². The minimum absolute atomic E-state index is 0.665. The Hall–Kier alpha value is -2.00. The van der Waals surface area contributed by atoms with Crippen LogP contribution in [0.1, 0.15) is 10.4 Å². The zero-order valence-corrected chi connectivity index (χ0v) is 11.6. The first-order valence-corrected chi connectivity index (χ1v) is 6.67. The van der Waals surface area contributed by atoms with E-state index in [9.17, 15) is 4.79 Å². The summed E-state index contributed by atoms with van der Waals surface area (Å²) < 4.78 is 1.03. The van der Waals surface area contributed by atoms with E-state index in [0.717, 1.165) is 32.8 Å². The Morgan fingerprint density at radius 1 is 1.05 bits per heavy atom. The molecule has 0 amide bonds. The molecule has 0 fully saturated rings. The van der Waals surface area contributed by atoms with Crippen LogP contribution in [-0.2, 0) is 0 Å². The number of nitrogens with zero attached hydrogens (tertiary/aromatic N) is 1. The quantitative estimate of drug-likeness (QED) is 0.653. The van der Waals surface area contributed by atoms with Gasteiger partial charge in [0.05, 0.1) is 5.52 Å². The Bertz CT molecular complexity index is 768. The second-order valence-corrected chi connectivity index (χ2v) is 5.13. The monoisotopic (exact) mass is 311 g/mol. The van der Waals surface area contributed by atoms with Crippen molar-refractivity contribution in [2.24, 2.45) is 0 Å². The van der Waals surface area contributed by atoms with Gasteiger partial charge in [0.15, 0.2) is 0 Å². The van der Waals surface area contributed by atoms with E-state index in [1.165, 1.54) is 0 Å². The summed E-state index contributed by atoms with van der Waals surface area (Å²) in [4.78, 5) is 15.3. The van der Waals surface area contributed by atoms with Crippen molar-refractivity contribution in [1.29, 1.82) is 0 Å². The molecule has 3 aromatic rings. The highest BCUT2D eigenvalue weighted by atomic mass is 79.9. The second kappa shape index (κ2) is 4.94. The highest BCUT2D eigenvalue weighted by Crippen LogP contribution is 2.29. The van der Waals surface area contributed by atoms with E-state index in [1.807, 2.05) is 42.6 Å². The topological polar surface area (TPSA) is 30.0 Å². The number of aldehydes is 1. The molecule has 0 atom stereocenters. The first-order chi connectivity index (χ1) is 9.28. The van der Waals surface area contributed by atoms with Gasteiger partial charge in [0.25, 0.3) is 0 Å². The van der Waals surface area contributed by atoms with E-state index in [2.05, 4.69) is 27.0 Å². The lowest BCUT2D eigenvalue weighted by Crippen LogP contribution is -1.86. The van der Waals surface area contributed by atoms with Crippen molar-refractivity contribution in [1.82, 2.24) is 4.98 Å². The fourth-order valence-electron chi connectivity index (χ4n) is 2.07. The van der Waals surface area contributed by atoms with Crippen LogP contribution < -0.4 is 0 Å². The summed E-state index contributed by atoms with van der Waals surface area (Å²) in [6.45, 7) is 0. The number of carbonyl (C=O) groups excluding carboxylic acids is 1. The van der Waals surface area contributed by atoms with Gasteiger partial charge in [0, 0.05) is 27.2 Å². The number of fused-ring (bicyclic) bond motifs is 1. The summed E-state index contributed by atoms with van der Waals surface area (Å²) in [7, 11) is 0. The predicted octanol–water partition coefficient (Wildman–Crippen LogP) is 4.48. The van der Waals surface area contributed by atoms with E-state index in [1.54, 1.807) is 6.07 Å². The van der Waals surface area contributed by atoms with Crippen LogP contribution >= 0.6 is 15.9 Å². The van der Waals surface area contributed by atoms with Gasteiger partial charge in [-0.2, -0.15) is 0 Å². The van der Waals surface area contributed by atoms with Crippen molar-refractivity contribution < 1.29 is 4.79 Å². The zero-order chi connectivity index (χ0) is 13.2. The standard InChI is InChI=1S/C16H10BrNO/c17-15-4-2-1-3-14(15)13-8-12-7-11(10-19)5-6-16(12)18-9-13/h1-10H. The first-order valence-electron chi connectivity index (χ1n) is 5.88. The minimum Gasteiger partial charge on any atom is -0.298 e. The fraction of sp³-hybridized carbons (Fsp3) is 0. The Kier molecular flexibility index (Phi) is 3.13. The summed E-state index contributed by atoms with van der Waals surface area (Å²) in [6, 6.07) is 15.6. The highest BCUT2D eigenvalue weighted by Gasteiger charge is 2.04. The lowest BCUT2D eigenvalue weighted by atomic mass is 10.0. The third-order valence-corrected chi connectivity index (χ3v) is 3.72. The van der Waals surface area contributed by atoms with Crippen LogP contribution in [-0.4, -0.2) is 11.3 Å². The molecule has 0 aliphatic carbocycles. The van der Waals surface area contributed by atoms with Crippen molar-refractivity contribution in [2.75, 3.05) is 0 Å². The molecule has 0 aliphatic rings. The van der Waals surface area contributed by atoms with Crippen molar-refractivity contribution in [3.63, 3.8) is 0 Å². The van der Waals surface area contributed by atoms with Crippen LogP contribution in [0.25, 0.3) is 22.0 Å². The molecule has 0 spiro atoms. The molecule has 2 nitrogen and oxygen atoms in total. The number of rotatable bonds is 2. The molecule has 1 aromatic heterocycles. The van der Waals surface area contributed by atoms with Crippen LogP contribution in [0.5, 0.6) is 0 Å². The molecule has 0 saturated carbocycles.